The van der Waals surface area contributed by atoms with Crippen LogP contribution in [-0.2, 0) is 14.3 Å². The van der Waals surface area contributed by atoms with Crippen molar-refractivity contribution in [1.29, 1.82) is 0 Å². The van der Waals surface area contributed by atoms with Gasteiger partial charge in [0.05, 0.1) is 31.4 Å². The minimum absolute atomic E-state index is 0.0294. The lowest BCUT2D eigenvalue weighted by molar-refractivity contribution is -0.140. The van der Waals surface area contributed by atoms with E-state index in [-0.39, 0.29) is 36.0 Å². The number of aliphatic hydroxyl groups is 1. The summed E-state index contributed by atoms with van der Waals surface area (Å²) in [6.45, 7) is 7.01. The Morgan fingerprint density at radius 1 is 1.03 bits per heavy atom. The van der Waals surface area contributed by atoms with E-state index in [2.05, 4.69) is 6.92 Å². The predicted octanol–water partition coefficient (Wildman–Crippen LogP) is 4.35. The van der Waals surface area contributed by atoms with Crippen LogP contribution >= 0.6 is 0 Å². The van der Waals surface area contributed by atoms with Crippen LogP contribution in [0.25, 0.3) is 5.76 Å². The molecular formula is C27H33NO7. The third-order valence-electron chi connectivity index (χ3n) is 5.88. The van der Waals surface area contributed by atoms with Crippen LogP contribution in [0.1, 0.15) is 49.4 Å². The van der Waals surface area contributed by atoms with Gasteiger partial charge in [0.2, 0.25) is 0 Å². The maximum atomic E-state index is 13.1. The van der Waals surface area contributed by atoms with Crippen LogP contribution < -0.4 is 9.47 Å². The van der Waals surface area contributed by atoms with Crippen molar-refractivity contribution in [3.05, 3.63) is 58.7 Å². The number of aliphatic hydroxyl groups excluding tert-OH is 1. The minimum atomic E-state index is -0.870. The second kappa shape index (κ2) is 11.8. The normalized spacial score (nSPS) is 17.1. The zero-order chi connectivity index (χ0) is 25.5. The van der Waals surface area contributed by atoms with E-state index in [1.807, 2.05) is 6.92 Å². The highest BCUT2D eigenvalue weighted by Gasteiger charge is 2.46. The first-order valence-corrected chi connectivity index (χ1v) is 11.8. The molecule has 1 heterocycles. The van der Waals surface area contributed by atoms with E-state index >= 15 is 0 Å². The number of aryl methyl sites for hydroxylation is 1. The van der Waals surface area contributed by atoms with Gasteiger partial charge in [-0.25, -0.2) is 0 Å². The summed E-state index contributed by atoms with van der Waals surface area (Å²) in [7, 11) is 1.51. The third kappa shape index (κ3) is 5.59. The van der Waals surface area contributed by atoms with E-state index in [1.165, 1.54) is 18.1 Å². The molecule has 1 amide bonds. The van der Waals surface area contributed by atoms with E-state index in [1.54, 1.807) is 37.3 Å². The minimum Gasteiger partial charge on any atom is -0.507 e. The van der Waals surface area contributed by atoms with Gasteiger partial charge in [-0.05, 0) is 61.7 Å². The van der Waals surface area contributed by atoms with Gasteiger partial charge in [-0.15, -0.1) is 0 Å². The molecule has 8 nitrogen and oxygen atoms in total. The van der Waals surface area contributed by atoms with Gasteiger partial charge in [0, 0.05) is 19.2 Å². The molecule has 0 aliphatic carbocycles. The topological polar surface area (TPSA) is 106 Å². The number of nitrogens with zero attached hydrogens (tertiary/aromatic N) is 1. The van der Waals surface area contributed by atoms with Gasteiger partial charge in [0.1, 0.15) is 11.5 Å². The third-order valence-corrected chi connectivity index (χ3v) is 5.88. The van der Waals surface area contributed by atoms with Gasteiger partial charge in [0.15, 0.2) is 11.5 Å². The van der Waals surface area contributed by atoms with Gasteiger partial charge in [0.25, 0.3) is 11.7 Å². The van der Waals surface area contributed by atoms with Gasteiger partial charge in [-0.1, -0.05) is 19.4 Å². The zero-order valence-electron chi connectivity index (χ0n) is 20.7. The first-order chi connectivity index (χ1) is 16.8. The smallest absolute Gasteiger partial charge is 0.295 e. The van der Waals surface area contributed by atoms with E-state index in [9.17, 15) is 19.8 Å². The number of methoxy groups -OCH3 is 1. The lowest BCUT2D eigenvalue weighted by Crippen LogP contribution is -2.32. The first kappa shape index (κ1) is 26.1. The fourth-order valence-electron chi connectivity index (χ4n) is 4.06. The number of carbonyl (C=O) groups is 2. The van der Waals surface area contributed by atoms with Crippen molar-refractivity contribution in [2.45, 2.75) is 39.7 Å². The first-order valence-electron chi connectivity index (χ1n) is 11.8. The fourth-order valence-corrected chi connectivity index (χ4v) is 4.06. The molecule has 1 saturated heterocycles. The largest absolute Gasteiger partial charge is 0.507 e. The number of likely N-dealkylation sites (tertiary alicyclic amines) is 1. The second-order valence-electron chi connectivity index (χ2n) is 8.33. The Bertz CT molecular complexity index is 1110. The van der Waals surface area contributed by atoms with Crippen molar-refractivity contribution in [3.63, 3.8) is 0 Å². The summed E-state index contributed by atoms with van der Waals surface area (Å²) in [6.07, 6.45) is 1.95. The number of carbonyl (C=O) groups excluding carboxylic acids is 2. The van der Waals surface area contributed by atoms with Crippen molar-refractivity contribution < 1.29 is 34.0 Å². The van der Waals surface area contributed by atoms with Crippen molar-refractivity contribution in [2.24, 2.45) is 0 Å². The highest BCUT2D eigenvalue weighted by atomic mass is 16.5. The lowest BCUT2D eigenvalue weighted by Gasteiger charge is -2.25. The molecule has 1 unspecified atom stereocenters. The van der Waals surface area contributed by atoms with E-state index < -0.39 is 17.7 Å². The number of phenols is 1. The molecule has 8 heteroatoms. The van der Waals surface area contributed by atoms with Crippen molar-refractivity contribution >= 4 is 17.4 Å². The van der Waals surface area contributed by atoms with Crippen molar-refractivity contribution in [2.75, 3.05) is 33.5 Å². The fraction of sp³-hybridized carbons (Fsp3) is 0.407. The molecule has 1 aliphatic heterocycles. The van der Waals surface area contributed by atoms with Crippen LogP contribution in [0.5, 0.6) is 17.2 Å². The maximum absolute atomic E-state index is 13.1. The van der Waals surface area contributed by atoms with Gasteiger partial charge >= 0.3 is 0 Å². The molecule has 0 saturated carbocycles. The van der Waals surface area contributed by atoms with E-state index in [0.717, 1.165) is 18.4 Å². The molecule has 0 spiro atoms. The van der Waals surface area contributed by atoms with Crippen LogP contribution in [0, 0.1) is 6.92 Å². The Balaban J connectivity index is 2.09. The summed E-state index contributed by atoms with van der Waals surface area (Å²) in [5, 5.41) is 21.4. The van der Waals surface area contributed by atoms with E-state index in [0.29, 0.717) is 30.1 Å². The zero-order valence-corrected chi connectivity index (χ0v) is 20.7. The number of rotatable bonds is 11. The highest BCUT2D eigenvalue weighted by molar-refractivity contribution is 6.46. The SMILES string of the molecule is CCCCOc1ccc(C(O)=C2C(=O)C(=O)N(CCOC)C2c2ccc(O)c(OCC)c2)cc1C. The highest BCUT2D eigenvalue weighted by Crippen LogP contribution is 2.42. The number of benzene rings is 2. The molecule has 188 valence electrons. The number of ether oxygens (including phenoxy) is 3. The molecule has 2 aromatic rings. The Morgan fingerprint density at radius 2 is 1.80 bits per heavy atom. The molecule has 1 atom stereocenters. The predicted molar refractivity (Wildman–Crippen MR) is 132 cm³/mol. The standard InChI is InChI=1S/C27H33NO7/c1-5-7-13-35-21-11-9-19(15-17(21)3)25(30)23-24(28(12-14-33-4)27(32)26(23)31)18-8-10-20(29)22(16-18)34-6-2/h8-11,15-16,24,29-30H,5-7,12-14H2,1-4H3. The summed E-state index contributed by atoms with van der Waals surface area (Å²) < 4.78 is 16.4. The van der Waals surface area contributed by atoms with Crippen LogP contribution in [0.2, 0.25) is 0 Å². The van der Waals surface area contributed by atoms with Crippen LogP contribution in [0.15, 0.2) is 42.0 Å². The molecule has 1 aliphatic rings. The molecule has 2 aromatic carbocycles. The Morgan fingerprint density at radius 3 is 2.46 bits per heavy atom. The van der Waals surface area contributed by atoms with Crippen molar-refractivity contribution in [3.8, 4) is 17.2 Å². The van der Waals surface area contributed by atoms with Gasteiger partial charge in [-0.3, -0.25) is 9.59 Å². The Kier molecular flexibility index (Phi) is 8.76. The number of ketones is 1. The summed E-state index contributed by atoms with van der Waals surface area (Å²) in [5.41, 5.74) is 1.71. The molecule has 0 bridgehead atoms. The summed E-state index contributed by atoms with van der Waals surface area (Å²) in [5.74, 6) is -0.911. The Labute approximate surface area is 205 Å². The van der Waals surface area contributed by atoms with Crippen LogP contribution in [0.4, 0.5) is 0 Å². The average molecular weight is 484 g/mol. The number of unbranched alkanes of at least 4 members (excludes halogenated alkanes) is 1. The van der Waals surface area contributed by atoms with Gasteiger partial charge in [-0.2, -0.15) is 0 Å². The van der Waals surface area contributed by atoms with Crippen LogP contribution in [-0.4, -0.2) is 60.3 Å². The molecule has 0 aromatic heterocycles. The monoisotopic (exact) mass is 483 g/mol. The number of amides is 1. The average Bonchev–Trinajstić information content (AvgIpc) is 3.09. The summed E-state index contributed by atoms with van der Waals surface area (Å²) in [6, 6.07) is 8.93. The van der Waals surface area contributed by atoms with E-state index in [4.69, 9.17) is 14.2 Å². The second-order valence-corrected chi connectivity index (χ2v) is 8.33. The quantitative estimate of drug-likeness (QED) is 0.212. The molecule has 0 radical (unpaired) electrons. The van der Waals surface area contributed by atoms with Gasteiger partial charge < -0.3 is 29.3 Å². The van der Waals surface area contributed by atoms with Crippen molar-refractivity contribution in [1.82, 2.24) is 4.90 Å². The number of hydrogen-bond acceptors (Lipinski definition) is 7. The number of phenolic OH excluding ortho intramolecular Hbond substituents is 1. The molecule has 35 heavy (non-hydrogen) atoms. The number of Topliss-reactive ketones (excluding diaryl/α,β-unsaturated/α-hetero) is 1. The Hall–Kier alpha value is -3.52. The molecular weight excluding hydrogens is 450 g/mol. The maximum Gasteiger partial charge on any atom is 0.295 e. The molecule has 1 fully saturated rings. The van der Waals surface area contributed by atoms with Crippen LogP contribution in [0.3, 0.4) is 0 Å². The lowest BCUT2D eigenvalue weighted by atomic mass is 9.94. The number of aromatic hydroxyl groups is 1. The molecule has 2 N–H and O–H groups in total. The molecule has 3 rings (SSSR count). The summed E-state index contributed by atoms with van der Waals surface area (Å²) >= 11 is 0. The summed E-state index contributed by atoms with van der Waals surface area (Å²) in [4.78, 5) is 27.5. The number of hydrogen-bond donors (Lipinski definition) is 2.